The fourth-order valence-electron chi connectivity index (χ4n) is 6.29. The molecule has 0 saturated carbocycles. The van der Waals surface area contributed by atoms with Crippen molar-refractivity contribution in [2.75, 3.05) is 0 Å². The topological polar surface area (TPSA) is 127 Å². The summed E-state index contributed by atoms with van der Waals surface area (Å²) in [6.07, 6.45) is 20.3. The summed E-state index contributed by atoms with van der Waals surface area (Å²) in [4.78, 5) is 45.3. The van der Waals surface area contributed by atoms with E-state index in [2.05, 4.69) is 27.5 Å². The van der Waals surface area contributed by atoms with Crippen LogP contribution in [0.5, 0.6) is 0 Å². The lowest BCUT2D eigenvalue weighted by atomic mass is 10.0. The number of aromatic nitrogens is 2. The number of unbranched alkanes of at least 4 members (excludes halogenated alkanes) is 12. The fraction of sp³-hybridized carbons (Fsp3) is 0.500. The minimum atomic E-state index is -1.14. The number of benzene rings is 2. The van der Waals surface area contributed by atoms with E-state index in [0.29, 0.717) is 6.42 Å². The van der Waals surface area contributed by atoms with Gasteiger partial charge in [-0.25, -0.2) is 4.79 Å². The molecule has 248 valence electrons. The summed E-state index contributed by atoms with van der Waals surface area (Å²) in [6, 6.07) is 13.4. The zero-order valence-electron chi connectivity index (χ0n) is 27.4. The number of carboxylic acids is 1. The van der Waals surface area contributed by atoms with Gasteiger partial charge in [-0.15, -0.1) is 0 Å². The molecule has 0 aliphatic rings. The van der Waals surface area contributed by atoms with Crippen LogP contribution >= 0.6 is 0 Å². The van der Waals surface area contributed by atoms with Crippen molar-refractivity contribution >= 4 is 39.6 Å². The third-order valence-corrected chi connectivity index (χ3v) is 8.97. The number of nitrogens with one attached hydrogen (secondary N) is 4. The number of carboxylic acid groups (broad SMARTS) is 1. The molecular weight excluding hydrogens is 576 g/mol. The highest BCUT2D eigenvalue weighted by Gasteiger charge is 2.28. The largest absolute Gasteiger partial charge is 0.480 e. The fourth-order valence-corrected chi connectivity index (χ4v) is 6.29. The highest BCUT2D eigenvalue weighted by Crippen LogP contribution is 2.21. The van der Waals surface area contributed by atoms with Crippen LogP contribution in [-0.4, -0.2) is 44.9 Å². The lowest BCUT2D eigenvalue weighted by Crippen LogP contribution is -2.53. The van der Waals surface area contributed by atoms with Gasteiger partial charge in [-0.2, -0.15) is 0 Å². The molecule has 46 heavy (non-hydrogen) atoms. The predicted molar refractivity (Wildman–Crippen MR) is 186 cm³/mol. The molecule has 8 heteroatoms. The Kier molecular flexibility index (Phi) is 14.2. The molecule has 0 spiro atoms. The zero-order chi connectivity index (χ0) is 32.6. The van der Waals surface area contributed by atoms with Gasteiger partial charge >= 0.3 is 5.97 Å². The molecule has 0 radical (unpaired) electrons. The highest BCUT2D eigenvalue weighted by molar-refractivity contribution is 5.92. The van der Waals surface area contributed by atoms with E-state index in [4.69, 9.17) is 0 Å². The second kappa shape index (κ2) is 18.8. The van der Waals surface area contributed by atoms with Crippen molar-refractivity contribution in [3.8, 4) is 0 Å². The second-order valence-corrected chi connectivity index (χ2v) is 12.6. The van der Waals surface area contributed by atoms with E-state index >= 15 is 0 Å². The molecule has 2 aromatic carbocycles. The monoisotopic (exact) mass is 628 g/mol. The number of rotatable bonds is 22. The smallest absolute Gasteiger partial charge is 0.326 e. The number of para-hydroxylation sites is 2. The van der Waals surface area contributed by atoms with E-state index in [1.54, 1.807) is 6.20 Å². The van der Waals surface area contributed by atoms with Crippen molar-refractivity contribution in [3.05, 3.63) is 72.1 Å². The van der Waals surface area contributed by atoms with Crippen LogP contribution in [0.25, 0.3) is 21.8 Å². The summed E-state index contributed by atoms with van der Waals surface area (Å²) < 4.78 is 0. The van der Waals surface area contributed by atoms with Crippen molar-refractivity contribution in [1.29, 1.82) is 0 Å². The number of amides is 2. The summed E-state index contributed by atoms with van der Waals surface area (Å²) in [7, 11) is 0. The first-order valence-corrected chi connectivity index (χ1v) is 17.4. The standard InChI is InChI=1S/C38H52N4O4/c1-2-3-4-5-6-7-8-9-10-11-12-13-14-23-36(43)41-34(24-28-26-39-32-21-17-15-19-30(28)32)37(44)42-35(38(45)46)25-29-27-40-33-22-18-16-20-31(29)33/h15-22,26-27,34-35,39-40H,2-14,23-25H2,1H3,(H,41,43)(H,42,44)(H,45,46)/t34-,35-/m0/s1. The molecule has 0 aliphatic heterocycles. The Morgan fingerprint density at radius 1 is 0.630 bits per heavy atom. The van der Waals surface area contributed by atoms with E-state index in [1.165, 1.54) is 64.2 Å². The van der Waals surface area contributed by atoms with Crippen molar-refractivity contribution in [2.24, 2.45) is 0 Å². The number of aromatic amines is 2. The van der Waals surface area contributed by atoms with Crippen LogP contribution in [0, 0.1) is 0 Å². The quantitative estimate of drug-likeness (QED) is 0.0566. The Morgan fingerprint density at radius 2 is 1.09 bits per heavy atom. The second-order valence-electron chi connectivity index (χ2n) is 12.6. The summed E-state index contributed by atoms with van der Waals surface area (Å²) in [5.41, 5.74) is 3.55. The Balaban J connectivity index is 1.28. The van der Waals surface area contributed by atoms with Crippen molar-refractivity contribution in [1.82, 2.24) is 20.6 Å². The Bertz CT molecular complexity index is 1520. The molecule has 0 bridgehead atoms. The van der Waals surface area contributed by atoms with Gasteiger partial charge < -0.3 is 25.7 Å². The number of carbonyl (C=O) groups excluding carboxylic acids is 2. The van der Waals surface area contributed by atoms with Crippen LogP contribution in [-0.2, 0) is 27.2 Å². The molecule has 2 heterocycles. The third kappa shape index (κ3) is 10.8. The van der Waals surface area contributed by atoms with Crippen molar-refractivity contribution in [2.45, 2.75) is 122 Å². The molecule has 5 N–H and O–H groups in total. The lowest BCUT2D eigenvalue weighted by Gasteiger charge is -2.21. The van der Waals surface area contributed by atoms with Crippen LogP contribution in [0.4, 0.5) is 0 Å². The van der Waals surface area contributed by atoms with Gasteiger partial charge in [0.2, 0.25) is 11.8 Å². The van der Waals surface area contributed by atoms with Crippen LogP contribution in [0.15, 0.2) is 60.9 Å². The molecule has 0 saturated heterocycles. The van der Waals surface area contributed by atoms with Gasteiger partial charge in [-0.05, 0) is 29.7 Å². The number of aliphatic carboxylic acids is 1. The summed E-state index contributed by atoms with van der Waals surface area (Å²) in [6.45, 7) is 2.25. The first-order chi connectivity index (χ1) is 22.5. The van der Waals surface area contributed by atoms with Gasteiger partial charge in [0.1, 0.15) is 12.1 Å². The van der Waals surface area contributed by atoms with E-state index < -0.39 is 24.0 Å². The molecular formula is C38H52N4O4. The number of hydrogen-bond acceptors (Lipinski definition) is 3. The zero-order valence-corrected chi connectivity index (χ0v) is 27.4. The SMILES string of the molecule is CCCCCCCCCCCCCCCC(=O)N[C@@H](Cc1c[nH]c2ccccc12)C(=O)N[C@@H](Cc1c[nH]c2ccccc12)C(=O)O. The lowest BCUT2D eigenvalue weighted by molar-refractivity contribution is -0.142. The molecule has 0 aliphatic carbocycles. The Labute approximate surface area is 273 Å². The van der Waals surface area contributed by atoms with Crippen LogP contribution in [0.3, 0.4) is 0 Å². The number of carbonyl (C=O) groups is 3. The summed E-state index contributed by atoms with van der Waals surface area (Å²) in [5, 5.41) is 17.6. The normalized spacial score (nSPS) is 12.7. The van der Waals surface area contributed by atoms with Crippen LogP contribution in [0.2, 0.25) is 0 Å². The third-order valence-electron chi connectivity index (χ3n) is 8.97. The van der Waals surface area contributed by atoms with Gasteiger partial charge in [0.15, 0.2) is 0 Å². The van der Waals surface area contributed by atoms with Gasteiger partial charge in [0.25, 0.3) is 0 Å². The van der Waals surface area contributed by atoms with E-state index in [0.717, 1.165) is 52.2 Å². The maximum atomic E-state index is 13.6. The van der Waals surface area contributed by atoms with Gasteiger partial charge in [-0.3, -0.25) is 9.59 Å². The van der Waals surface area contributed by atoms with Crippen molar-refractivity contribution in [3.63, 3.8) is 0 Å². The maximum absolute atomic E-state index is 13.6. The van der Waals surface area contributed by atoms with Crippen LogP contribution < -0.4 is 10.6 Å². The maximum Gasteiger partial charge on any atom is 0.326 e. The molecule has 4 rings (SSSR count). The first kappa shape index (κ1) is 34.8. The molecule has 8 nitrogen and oxygen atoms in total. The summed E-state index contributed by atoms with van der Waals surface area (Å²) in [5.74, 6) is -1.81. The molecule has 4 aromatic rings. The predicted octanol–water partition coefficient (Wildman–Crippen LogP) is 7.97. The Hall–Kier alpha value is -4.07. The van der Waals surface area contributed by atoms with E-state index in [1.807, 2.05) is 54.7 Å². The molecule has 2 atom stereocenters. The average Bonchev–Trinajstić information content (AvgIpc) is 3.66. The number of hydrogen-bond donors (Lipinski definition) is 5. The number of H-pyrrole nitrogens is 2. The van der Waals surface area contributed by atoms with Crippen LogP contribution in [0.1, 0.15) is 108 Å². The van der Waals surface area contributed by atoms with E-state index in [-0.39, 0.29) is 18.7 Å². The Morgan fingerprint density at radius 3 is 1.59 bits per heavy atom. The van der Waals surface area contributed by atoms with Gasteiger partial charge in [-0.1, -0.05) is 120 Å². The average molecular weight is 629 g/mol. The molecule has 0 fully saturated rings. The van der Waals surface area contributed by atoms with Gasteiger partial charge in [0.05, 0.1) is 0 Å². The van der Waals surface area contributed by atoms with Crippen molar-refractivity contribution < 1.29 is 19.5 Å². The van der Waals surface area contributed by atoms with Gasteiger partial charge in [0, 0.05) is 53.5 Å². The first-order valence-electron chi connectivity index (χ1n) is 17.4. The number of fused-ring (bicyclic) bond motifs is 2. The minimum Gasteiger partial charge on any atom is -0.480 e. The molecule has 2 amide bonds. The summed E-state index contributed by atoms with van der Waals surface area (Å²) >= 11 is 0. The molecule has 2 aromatic heterocycles. The van der Waals surface area contributed by atoms with E-state index in [9.17, 15) is 19.5 Å². The highest BCUT2D eigenvalue weighted by atomic mass is 16.4. The minimum absolute atomic E-state index is 0.123. The molecule has 0 unspecified atom stereocenters.